The molecule has 6 heteroatoms. The van der Waals surface area contributed by atoms with Crippen molar-refractivity contribution < 1.29 is 14.3 Å². The SMILES string of the molecule is CCO[C@@H](C)C(=O)Nc1cnn(C[C@H]2CCCO2)c1. The molecule has 0 bridgehead atoms. The van der Waals surface area contributed by atoms with Crippen LogP contribution < -0.4 is 5.32 Å². The van der Waals surface area contributed by atoms with E-state index in [1.807, 2.05) is 13.1 Å². The molecular formula is C13H21N3O3. The Bertz CT molecular complexity index is 413. The van der Waals surface area contributed by atoms with Crippen molar-refractivity contribution in [1.29, 1.82) is 0 Å². The maximum atomic E-state index is 11.8. The molecule has 0 spiro atoms. The lowest BCUT2D eigenvalue weighted by Crippen LogP contribution is -2.27. The van der Waals surface area contributed by atoms with E-state index >= 15 is 0 Å². The zero-order valence-electron chi connectivity index (χ0n) is 11.5. The van der Waals surface area contributed by atoms with Crippen LogP contribution >= 0.6 is 0 Å². The molecule has 6 nitrogen and oxygen atoms in total. The van der Waals surface area contributed by atoms with Gasteiger partial charge >= 0.3 is 0 Å². The number of hydrogen-bond donors (Lipinski definition) is 1. The summed E-state index contributed by atoms with van der Waals surface area (Å²) in [5.41, 5.74) is 0.689. The summed E-state index contributed by atoms with van der Waals surface area (Å²) in [6.07, 6.45) is 5.44. The van der Waals surface area contributed by atoms with Crippen LogP contribution in [0.2, 0.25) is 0 Å². The highest BCUT2D eigenvalue weighted by Gasteiger charge is 2.17. The lowest BCUT2D eigenvalue weighted by Gasteiger charge is -2.10. The van der Waals surface area contributed by atoms with Gasteiger partial charge in [0, 0.05) is 19.4 Å². The van der Waals surface area contributed by atoms with Gasteiger partial charge in [-0.2, -0.15) is 5.10 Å². The zero-order valence-corrected chi connectivity index (χ0v) is 11.5. The summed E-state index contributed by atoms with van der Waals surface area (Å²) in [5.74, 6) is -0.154. The molecule has 0 unspecified atom stereocenters. The second-order valence-corrected chi connectivity index (χ2v) is 4.67. The van der Waals surface area contributed by atoms with E-state index in [4.69, 9.17) is 9.47 Å². The third-order valence-corrected chi connectivity index (χ3v) is 3.10. The smallest absolute Gasteiger partial charge is 0.253 e. The molecule has 19 heavy (non-hydrogen) atoms. The first-order valence-electron chi connectivity index (χ1n) is 6.75. The predicted octanol–water partition coefficient (Wildman–Crippen LogP) is 1.43. The molecule has 0 saturated carbocycles. The van der Waals surface area contributed by atoms with Gasteiger partial charge in [-0.3, -0.25) is 9.48 Å². The van der Waals surface area contributed by atoms with Crippen LogP contribution in [-0.4, -0.2) is 41.1 Å². The van der Waals surface area contributed by atoms with E-state index in [9.17, 15) is 4.79 Å². The number of rotatable bonds is 6. The highest BCUT2D eigenvalue weighted by molar-refractivity contribution is 5.93. The van der Waals surface area contributed by atoms with Crippen LogP contribution in [0.4, 0.5) is 5.69 Å². The van der Waals surface area contributed by atoms with Crippen LogP contribution in [0.5, 0.6) is 0 Å². The number of aromatic nitrogens is 2. The van der Waals surface area contributed by atoms with Gasteiger partial charge in [-0.15, -0.1) is 0 Å². The summed E-state index contributed by atoms with van der Waals surface area (Å²) >= 11 is 0. The summed E-state index contributed by atoms with van der Waals surface area (Å²) < 4.78 is 12.6. The fourth-order valence-electron chi connectivity index (χ4n) is 2.09. The van der Waals surface area contributed by atoms with Crippen molar-refractivity contribution in [2.45, 2.75) is 45.4 Å². The van der Waals surface area contributed by atoms with Gasteiger partial charge in [0.25, 0.3) is 5.91 Å². The van der Waals surface area contributed by atoms with Gasteiger partial charge in [0.05, 0.1) is 24.5 Å². The minimum atomic E-state index is -0.452. The van der Waals surface area contributed by atoms with E-state index in [0.29, 0.717) is 12.3 Å². The first kappa shape index (κ1) is 14.0. The molecule has 1 aromatic heterocycles. The summed E-state index contributed by atoms with van der Waals surface area (Å²) in [4.78, 5) is 11.8. The molecule has 2 heterocycles. The van der Waals surface area contributed by atoms with Crippen molar-refractivity contribution in [2.75, 3.05) is 18.5 Å². The molecule has 0 aromatic carbocycles. The Morgan fingerprint density at radius 2 is 2.58 bits per heavy atom. The summed E-state index contributed by atoms with van der Waals surface area (Å²) in [6, 6.07) is 0. The standard InChI is InChI=1S/C13H21N3O3/c1-3-18-10(2)13(17)15-11-7-14-16(8-11)9-12-5-4-6-19-12/h7-8,10,12H,3-6,9H2,1-2H3,(H,15,17)/t10-,12+/m0/s1. The number of nitrogens with one attached hydrogen (secondary N) is 1. The Labute approximate surface area is 113 Å². The van der Waals surface area contributed by atoms with E-state index in [0.717, 1.165) is 26.0 Å². The predicted molar refractivity (Wildman–Crippen MR) is 70.9 cm³/mol. The van der Waals surface area contributed by atoms with E-state index < -0.39 is 6.10 Å². The van der Waals surface area contributed by atoms with E-state index in [2.05, 4.69) is 10.4 Å². The monoisotopic (exact) mass is 267 g/mol. The topological polar surface area (TPSA) is 65.4 Å². The molecule has 1 saturated heterocycles. The molecule has 1 aliphatic rings. The van der Waals surface area contributed by atoms with Crippen LogP contribution in [0.1, 0.15) is 26.7 Å². The Balaban J connectivity index is 1.84. The number of ether oxygens (including phenoxy) is 2. The van der Waals surface area contributed by atoms with E-state index in [-0.39, 0.29) is 12.0 Å². The number of carbonyl (C=O) groups is 1. The van der Waals surface area contributed by atoms with Gasteiger partial charge in [0.1, 0.15) is 6.10 Å². The molecule has 0 radical (unpaired) electrons. The number of nitrogens with zero attached hydrogens (tertiary/aromatic N) is 2. The highest BCUT2D eigenvalue weighted by Crippen LogP contribution is 2.15. The van der Waals surface area contributed by atoms with Crippen molar-refractivity contribution >= 4 is 11.6 Å². The minimum absolute atomic E-state index is 0.154. The lowest BCUT2D eigenvalue weighted by molar-refractivity contribution is -0.126. The van der Waals surface area contributed by atoms with Crippen LogP contribution in [0.3, 0.4) is 0 Å². The molecule has 2 atom stereocenters. The van der Waals surface area contributed by atoms with Gasteiger partial charge in [-0.05, 0) is 26.7 Å². The van der Waals surface area contributed by atoms with Gasteiger partial charge < -0.3 is 14.8 Å². The van der Waals surface area contributed by atoms with E-state index in [1.54, 1.807) is 17.8 Å². The Morgan fingerprint density at radius 1 is 1.74 bits per heavy atom. The second-order valence-electron chi connectivity index (χ2n) is 4.67. The highest BCUT2D eigenvalue weighted by atomic mass is 16.5. The minimum Gasteiger partial charge on any atom is -0.376 e. The molecule has 1 aliphatic heterocycles. The molecule has 2 rings (SSSR count). The zero-order chi connectivity index (χ0) is 13.7. The van der Waals surface area contributed by atoms with Crippen LogP contribution in [0.25, 0.3) is 0 Å². The number of anilines is 1. The molecule has 1 fully saturated rings. The third kappa shape index (κ3) is 4.04. The van der Waals surface area contributed by atoms with E-state index in [1.165, 1.54) is 0 Å². The van der Waals surface area contributed by atoms with Gasteiger partial charge in [-0.25, -0.2) is 0 Å². The molecule has 0 aliphatic carbocycles. The molecule has 106 valence electrons. The molecule has 1 aromatic rings. The second kappa shape index (κ2) is 6.68. The maximum Gasteiger partial charge on any atom is 0.253 e. The lowest BCUT2D eigenvalue weighted by atomic mass is 10.2. The number of carbonyl (C=O) groups excluding carboxylic acids is 1. The summed E-state index contributed by atoms with van der Waals surface area (Å²) in [6.45, 7) is 5.68. The molecular weight excluding hydrogens is 246 g/mol. The number of amides is 1. The summed E-state index contributed by atoms with van der Waals surface area (Å²) in [7, 11) is 0. The Morgan fingerprint density at radius 3 is 3.26 bits per heavy atom. The van der Waals surface area contributed by atoms with Crippen molar-refractivity contribution in [3.05, 3.63) is 12.4 Å². The quantitative estimate of drug-likeness (QED) is 0.846. The van der Waals surface area contributed by atoms with Crippen molar-refractivity contribution in [3.63, 3.8) is 0 Å². The first-order valence-corrected chi connectivity index (χ1v) is 6.75. The van der Waals surface area contributed by atoms with Crippen LogP contribution in [-0.2, 0) is 20.8 Å². The fraction of sp³-hybridized carbons (Fsp3) is 0.692. The number of hydrogen-bond acceptors (Lipinski definition) is 4. The van der Waals surface area contributed by atoms with Crippen molar-refractivity contribution in [1.82, 2.24) is 9.78 Å². The average molecular weight is 267 g/mol. The average Bonchev–Trinajstić information content (AvgIpc) is 3.02. The largest absolute Gasteiger partial charge is 0.376 e. The third-order valence-electron chi connectivity index (χ3n) is 3.10. The molecule has 1 N–H and O–H groups in total. The van der Waals surface area contributed by atoms with Crippen LogP contribution in [0, 0.1) is 0 Å². The normalized spacial score (nSPS) is 20.4. The van der Waals surface area contributed by atoms with Gasteiger partial charge in [0.15, 0.2) is 0 Å². The van der Waals surface area contributed by atoms with Crippen molar-refractivity contribution in [2.24, 2.45) is 0 Å². The van der Waals surface area contributed by atoms with Crippen LogP contribution in [0.15, 0.2) is 12.4 Å². The summed E-state index contributed by atoms with van der Waals surface area (Å²) in [5, 5.41) is 7.00. The Kier molecular flexibility index (Phi) is 4.93. The fourth-order valence-corrected chi connectivity index (χ4v) is 2.09. The van der Waals surface area contributed by atoms with Crippen molar-refractivity contribution in [3.8, 4) is 0 Å². The first-order chi connectivity index (χ1) is 9.19. The van der Waals surface area contributed by atoms with Gasteiger partial charge in [-0.1, -0.05) is 0 Å². The maximum absolute atomic E-state index is 11.8. The Hall–Kier alpha value is -1.40. The molecule has 1 amide bonds. The van der Waals surface area contributed by atoms with Gasteiger partial charge in [0.2, 0.25) is 0 Å².